The second-order valence-corrected chi connectivity index (χ2v) is 4.42. The van der Waals surface area contributed by atoms with E-state index in [9.17, 15) is 4.57 Å². The summed E-state index contributed by atoms with van der Waals surface area (Å²) < 4.78 is 16.8. The molecule has 1 atom stereocenters. The van der Waals surface area contributed by atoms with E-state index in [1.807, 2.05) is 30.3 Å². The first-order valence-corrected chi connectivity index (χ1v) is 6.17. The molecule has 1 radical (unpaired) electrons. The molecule has 1 aromatic carbocycles. The molecule has 0 amide bonds. The molecule has 0 aliphatic rings. The van der Waals surface area contributed by atoms with E-state index in [4.69, 9.17) is 4.52 Å². The van der Waals surface area contributed by atoms with Gasteiger partial charge in [-0.05, 0) is 18.6 Å². The van der Waals surface area contributed by atoms with E-state index >= 15 is 0 Å². The van der Waals surface area contributed by atoms with Crippen LogP contribution in [0.5, 0.6) is 0 Å². The molecule has 3 heteroatoms. The summed E-state index contributed by atoms with van der Waals surface area (Å²) >= 11 is 0. The third kappa shape index (κ3) is 3.99. The minimum absolute atomic E-state index is 0.595. The fourth-order valence-electron chi connectivity index (χ4n) is 1.12. The van der Waals surface area contributed by atoms with Gasteiger partial charge in [-0.1, -0.05) is 38.0 Å². The maximum absolute atomic E-state index is 11.5. The minimum Gasteiger partial charge on any atom is -0.301 e. The van der Waals surface area contributed by atoms with E-state index in [1.54, 1.807) is 0 Å². The van der Waals surface area contributed by atoms with Gasteiger partial charge < -0.3 is 4.52 Å². The van der Waals surface area contributed by atoms with Crippen LogP contribution in [0.4, 0.5) is 0 Å². The summed E-state index contributed by atoms with van der Waals surface area (Å²) in [6, 6.07) is 9.32. The van der Waals surface area contributed by atoms with Gasteiger partial charge in [0.2, 0.25) is 8.03 Å². The molecule has 1 rings (SSSR count). The highest BCUT2D eigenvalue weighted by Gasteiger charge is 2.03. The minimum atomic E-state index is -1.64. The Labute approximate surface area is 86.2 Å². The van der Waals surface area contributed by atoms with Crippen LogP contribution in [-0.2, 0) is 9.09 Å². The molecule has 0 saturated carbocycles. The van der Waals surface area contributed by atoms with Gasteiger partial charge in [0.15, 0.2) is 0 Å². The summed E-state index contributed by atoms with van der Waals surface area (Å²) in [5.74, 6) is 0. The van der Waals surface area contributed by atoms with Gasteiger partial charge in [-0.25, -0.2) is 0 Å². The van der Waals surface area contributed by atoms with E-state index in [2.05, 4.69) is 6.92 Å². The van der Waals surface area contributed by atoms with Crippen LogP contribution in [0.3, 0.4) is 0 Å². The Morgan fingerprint density at radius 1 is 1.21 bits per heavy atom. The van der Waals surface area contributed by atoms with Crippen LogP contribution in [0.2, 0.25) is 0 Å². The van der Waals surface area contributed by atoms with Gasteiger partial charge >= 0.3 is 0 Å². The largest absolute Gasteiger partial charge is 0.301 e. The summed E-state index contributed by atoms with van der Waals surface area (Å²) in [7, 11) is -1.64. The number of benzene rings is 1. The number of unbranched alkanes of at least 4 members (excludes halogenated alkanes) is 2. The fraction of sp³-hybridized carbons (Fsp3) is 0.455. The van der Waals surface area contributed by atoms with E-state index < -0.39 is 8.03 Å². The molecule has 1 unspecified atom stereocenters. The Morgan fingerprint density at radius 3 is 2.57 bits per heavy atom. The van der Waals surface area contributed by atoms with Crippen molar-refractivity contribution in [3.8, 4) is 0 Å². The Kier molecular flexibility index (Phi) is 5.43. The average Bonchev–Trinajstić information content (AvgIpc) is 2.25. The molecule has 1 aromatic rings. The molecule has 0 fully saturated rings. The number of hydrogen-bond acceptors (Lipinski definition) is 2. The summed E-state index contributed by atoms with van der Waals surface area (Å²) in [6.07, 6.45) is 3.29. The van der Waals surface area contributed by atoms with Crippen LogP contribution in [0.25, 0.3) is 0 Å². The Hall–Kier alpha value is -0.720. The zero-order chi connectivity index (χ0) is 10.2. The van der Waals surface area contributed by atoms with Crippen molar-refractivity contribution in [1.29, 1.82) is 0 Å². The topological polar surface area (TPSA) is 26.3 Å². The van der Waals surface area contributed by atoms with Crippen LogP contribution in [0.15, 0.2) is 30.3 Å². The van der Waals surface area contributed by atoms with Crippen LogP contribution in [0, 0.1) is 0 Å². The maximum Gasteiger partial charge on any atom is 0.246 e. The van der Waals surface area contributed by atoms with E-state index in [1.165, 1.54) is 0 Å². The zero-order valence-corrected chi connectivity index (χ0v) is 9.37. The van der Waals surface area contributed by atoms with Crippen molar-refractivity contribution in [2.75, 3.05) is 6.61 Å². The van der Waals surface area contributed by atoms with Crippen molar-refractivity contribution in [3.05, 3.63) is 30.3 Å². The van der Waals surface area contributed by atoms with Gasteiger partial charge in [-0.2, -0.15) is 0 Å². The molecule has 0 aliphatic carbocycles. The lowest BCUT2D eigenvalue weighted by Gasteiger charge is -2.01. The second kappa shape index (κ2) is 6.69. The van der Waals surface area contributed by atoms with Crippen molar-refractivity contribution >= 4 is 13.3 Å². The molecule has 0 spiro atoms. The quantitative estimate of drug-likeness (QED) is 0.533. The van der Waals surface area contributed by atoms with Crippen molar-refractivity contribution < 1.29 is 9.09 Å². The lowest BCUT2D eigenvalue weighted by atomic mass is 10.3. The molecule has 0 heterocycles. The molecule has 14 heavy (non-hydrogen) atoms. The van der Waals surface area contributed by atoms with Gasteiger partial charge in [0.25, 0.3) is 0 Å². The smallest absolute Gasteiger partial charge is 0.246 e. The first-order chi connectivity index (χ1) is 6.84. The Bertz CT molecular complexity index is 272. The monoisotopic (exact) mass is 211 g/mol. The standard InChI is InChI=1S/C11H16O2P/c1-2-3-7-10-13-14(12)11-8-5-4-6-9-11/h4-6,8-9H,2-3,7,10H2,1H3. The van der Waals surface area contributed by atoms with Gasteiger partial charge in [0, 0.05) is 0 Å². The molecule has 0 aromatic heterocycles. The summed E-state index contributed by atoms with van der Waals surface area (Å²) in [5, 5.41) is 0.777. The van der Waals surface area contributed by atoms with Crippen LogP contribution in [-0.4, -0.2) is 6.61 Å². The van der Waals surface area contributed by atoms with Crippen molar-refractivity contribution in [2.24, 2.45) is 0 Å². The van der Waals surface area contributed by atoms with Gasteiger partial charge in [-0.3, -0.25) is 4.57 Å². The van der Waals surface area contributed by atoms with Crippen LogP contribution in [0.1, 0.15) is 26.2 Å². The van der Waals surface area contributed by atoms with Gasteiger partial charge in [-0.15, -0.1) is 0 Å². The van der Waals surface area contributed by atoms with Crippen molar-refractivity contribution in [2.45, 2.75) is 26.2 Å². The second-order valence-electron chi connectivity index (χ2n) is 3.13. The average molecular weight is 211 g/mol. The predicted molar refractivity (Wildman–Crippen MR) is 59.2 cm³/mol. The van der Waals surface area contributed by atoms with E-state index in [-0.39, 0.29) is 0 Å². The Balaban J connectivity index is 2.29. The molecular formula is C11H16O2P. The van der Waals surface area contributed by atoms with Crippen LogP contribution >= 0.6 is 8.03 Å². The molecule has 0 aliphatic heterocycles. The fourth-order valence-corrected chi connectivity index (χ4v) is 1.98. The summed E-state index contributed by atoms with van der Waals surface area (Å²) in [4.78, 5) is 0. The van der Waals surface area contributed by atoms with E-state index in [0.29, 0.717) is 6.61 Å². The van der Waals surface area contributed by atoms with Gasteiger partial charge in [0.1, 0.15) is 0 Å². The molecule has 0 bridgehead atoms. The first kappa shape index (κ1) is 11.4. The van der Waals surface area contributed by atoms with Crippen molar-refractivity contribution in [3.63, 3.8) is 0 Å². The van der Waals surface area contributed by atoms with E-state index in [0.717, 1.165) is 24.6 Å². The Morgan fingerprint density at radius 2 is 1.93 bits per heavy atom. The highest BCUT2D eigenvalue weighted by Crippen LogP contribution is 2.21. The van der Waals surface area contributed by atoms with Crippen LogP contribution < -0.4 is 5.30 Å². The maximum atomic E-state index is 11.5. The molecular weight excluding hydrogens is 195 g/mol. The molecule has 0 saturated heterocycles. The molecule has 0 N–H and O–H groups in total. The normalized spacial score (nSPS) is 11.4. The molecule has 77 valence electrons. The van der Waals surface area contributed by atoms with Crippen molar-refractivity contribution in [1.82, 2.24) is 0 Å². The number of hydrogen-bond donors (Lipinski definition) is 0. The third-order valence-electron chi connectivity index (χ3n) is 1.92. The summed E-state index contributed by atoms with van der Waals surface area (Å²) in [5.41, 5.74) is 0. The lowest BCUT2D eigenvalue weighted by molar-refractivity contribution is 0.323. The third-order valence-corrected chi connectivity index (χ3v) is 3.06. The SMILES string of the molecule is CCCCCO[P](=O)c1ccccc1. The first-order valence-electron chi connectivity index (χ1n) is 5.00. The zero-order valence-electron chi connectivity index (χ0n) is 8.48. The predicted octanol–water partition coefficient (Wildman–Crippen LogP) is 3.26. The lowest BCUT2D eigenvalue weighted by Crippen LogP contribution is -1.97. The number of rotatable bonds is 6. The summed E-state index contributed by atoms with van der Waals surface area (Å²) in [6.45, 7) is 2.73. The highest BCUT2D eigenvalue weighted by atomic mass is 31.1. The van der Waals surface area contributed by atoms with Gasteiger partial charge in [0.05, 0.1) is 11.9 Å². The molecule has 2 nitrogen and oxygen atoms in total. The highest BCUT2D eigenvalue weighted by molar-refractivity contribution is 7.48.